The van der Waals surface area contributed by atoms with Gasteiger partial charge in [-0.3, -0.25) is 9.69 Å². The monoisotopic (exact) mass is 408 g/mol. The Labute approximate surface area is 176 Å². The van der Waals surface area contributed by atoms with Crippen LogP contribution < -0.4 is 5.32 Å². The van der Waals surface area contributed by atoms with E-state index in [1.54, 1.807) is 0 Å². The smallest absolute Gasteiger partial charge is 0.242 e. The number of carbonyl (C=O) groups excluding carboxylic acids is 1. The number of para-hydroxylation sites is 1. The van der Waals surface area contributed by atoms with Crippen molar-refractivity contribution < 1.29 is 9.32 Å². The van der Waals surface area contributed by atoms with E-state index in [9.17, 15) is 4.79 Å². The molecule has 1 saturated heterocycles. The van der Waals surface area contributed by atoms with Crippen LogP contribution in [0.2, 0.25) is 0 Å². The molecule has 8 heteroatoms. The molecule has 1 aromatic carbocycles. The van der Waals surface area contributed by atoms with Crippen LogP contribution in [0, 0.1) is 13.8 Å². The number of unbranched alkanes of at least 4 members (excludes halogenated alkanes) is 1. The Kier molecular flexibility index (Phi) is 5.94. The van der Waals surface area contributed by atoms with Crippen LogP contribution in [0.15, 0.2) is 34.9 Å². The molecule has 0 spiro atoms. The number of nitrogens with zero attached hydrogens (tertiary/aromatic N) is 5. The molecule has 0 bridgehead atoms. The molecule has 158 valence electrons. The summed E-state index contributed by atoms with van der Waals surface area (Å²) < 4.78 is 7.37. The summed E-state index contributed by atoms with van der Waals surface area (Å²) in [6, 6.07) is 9.53. The topological polar surface area (TPSA) is 89.1 Å². The highest BCUT2D eigenvalue weighted by Crippen LogP contribution is 2.31. The predicted octanol–water partition coefficient (Wildman–Crippen LogP) is 2.89. The molecule has 1 aliphatic rings. The summed E-state index contributed by atoms with van der Waals surface area (Å²) in [6.45, 7) is 7.84. The van der Waals surface area contributed by atoms with Crippen LogP contribution >= 0.6 is 0 Å². The van der Waals surface area contributed by atoms with Crippen molar-refractivity contribution in [3.8, 4) is 5.69 Å². The number of piperazine rings is 1. The van der Waals surface area contributed by atoms with Crippen molar-refractivity contribution in [1.82, 2.24) is 30.1 Å². The molecule has 8 nitrogen and oxygen atoms in total. The van der Waals surface area contributed by atoms with E-state index in [0.29, 0.717) is 25.5 Å². The molecule has 1 amide bonds. The van der Waals surface area contributed by atoms with Crippen molar-refractivity contribution in [2.75, 3.05) is 13.1 Å². The van der Waals surface area contributed by atoms with Crippen LogP contribution in [-0.2, 0) is 17.8 Å². The van der Waals surface area contributed by atoms with Gasteiger partial charge in [-0.15, -0.1) is 0 Å². The van der Waals surface area contributed by atoms with Crippen molar-refractivity contribution in [3.05, 3.63) is 59.0 Å². The fraction of sp³-hybridized carbons (Fsp3) is 0.455. The van der Waals surface area contributed by atoms with Crippen molar-refractivity contribution in [2.24, 2.45) is 0 Å². The third-order valence-corrected chi connectivity index (χ3v) is 5.54. The van der Waals surface area contributed by atoms with Crippen LogP contribution in [0.4, 0.5) is 0 Å². The summed E-state index contributed by atoms with van der Waals surface area (Å²) >= 11 is 0. The molecule has 2 aromatic heterocycles. The lowest BCUT2D eigenvalue weighted by atomic mass is 10.00. The summed E-state index contributed by atoms with van der Waals surface area (Å²) in [4.78, 5) is 19.6. The second-order valence-corrected chi connectivity index (χ2v) is 7.70. The number of hydrogen-bond donors (Lipinski definition) is 1. The van der Waals surface area contributed by atoms with E-state index in [1.807, 2.05) is 48.9 Å². The molecule has 0 saturated carbocycles. The van der Waals surface area contributed by atoms with E-state index >= 15 is 0 Å². The van der Waals surface area contributed by atoms with E-state index in [2.05, 4.69) is 27.3 Å². The van der Waals surface area contributed by atoms with Crippen molar-refractivity contribution >= 4 is 5.91 Å². The summed E-state index contributed by atoms with van der Waals surface area (Å²) in [5.41, 5.74) is 3.71. The molecular weight excluding hydrogens is 380 g/mol. The van der Waals surface area contributed by atoms with Crippen LogP contribution in [0.5, 0.6) is 0 Å². The molecule has 30 heavy (non-hydrogen) atoms. The number of amides is 1. The Hall–Kier alpha value is -3.00. The van der Waals surface area contributed by atoms with Crippen LogP contribution in [-0.4, -0.2) is 43.8 Å². The quantitative estimate of drug-likeness (QED) is 0.647. The Morgan fingerprint density at radius 3 is 2.80 bits per heavy atom. The van der Waals surface area contributed by atoms with Gasteiger partial charge < -0.3 is 9.84 Å². The van der Waals surface area contributed by atoms with Crippen LogP contribution in [0.25, 0.3) is 5.69 Å². The molecule has 0 unspecified atom stereocenters. The van der Waals surface area contributed by atoms with E-state index in [0.717, 1.165) is 47.7 Å². The first-order chi connectivity index (χ1) is 14.6. The lowest BCUT2D eigenvalue weighted by Crippen LogP contribution is -2.49. The van der Waals surface area contributed by atoms with Gasteiger partial charge in [-0.1, -0.05) is 36.7 Å². The van der Waals surface area contributed by atoms with Gasteiger partial charge in [0.05, 0.1) is 17.9 Å². The van der Waals surface area contributed by atoms with Gasteiger partial charge in [-0.05, 0) is 32.4 Å². The maximum absolute atomic E-state index is 12.9. The standard InChI is InChI=1S/C22H28N6O2/c1-4-5-11-18-24-19(30-26-18)14-27-13-12-23-22(29)21(27)20-15(2)25-28(16(20)3)17-9-7-6-8-10-17/h6-10,21H,4-5,11-14H2,1-3H3,(H,23,29)/t21-/m0/s1. The molecule has 0 aliphatic carbocycles. The first-order valence-corrected chi connectivity index (χ1v) is 10.5. The van der Waals surface area contributed by atoms with Gasteiger partial charge in [0.1, 0.15) is 6.04 Å². The van der Waals surface area contributed by atoms with Gasteiger partial charge in [0, 0.05) is 30.8 Å². The van der Waals surface area contributed by atoms with Crippen molar-refractivity contribution in [1.29, 1.82) is 0 Å². The van der Waals surface area contributed by atoms with Gasteiger partial charge in [0.25, 0.3) is 0 Å². The number of carbonyl (C=O) groups is 1. The third kappa shape index (κ3) is 4.00. The summed E-state index contributed by atoms with van der Waals surface area (Å²) in [7, 11) is 0. The lowest BCUT2D eigenvalue weighted by Gasteiger charge is -2.34. The Bertz CT molecular complexity index is 1010. The number of aromatic nitrogens is 4. The number of rotatable bonds is 7. The van der Waals surface area contributed by atoms with Gasteiger partial charge in [0.2, 0.25) is 11.8 Å². The van der Waals surface area contributed by atoms with E-state index in [4.69, 9.17) is 9.62 Å². The fourth-order valence-electron chi connectivity index (χ4n) is 4.03. The zero-order valence-corrected chi connectivity index (χ0v) is 17.8. The minimum Gasteiger partial charge on any atom is -0.353 e. The summed E-state index contributed by atoms with van der Waals surface area (Å²) in [5.74, 6) is 1.26. The Morgan fingerprint density at radius 2 is 2.03 bits per heavy atom. The minimum atomic E-state index is -0.442. The number of hydrogen-bond acceptors (Lipinski definition) is 6. The largest absolute Gasteiger partial charge is 0.353 e. The van der Waals surface area contributed by atoms with Crippen LogP contribution in [0.3, 0.4) is 0 Å². The van der Waals surface area contributed by atoms with E-state index < -0.39 is 6.04 Å². The second-order valence-electron chi connectivity index (χ2n) is 7.70. The molecule has 3 heterocycles. The average Bonchev–Trinajstić information content (AvgIpc) is 3.31. The zero-order valence-electron chi connectivity index (χ0n) is 17.8. The predicted molar refractivity (Wildman–Crippen MR) is 112 cm³/mol. The Morgan fingerprint density at radius 1 is 1.23 bits per heavy atom. The molecule has 3 aromatic rings. The van der Waals surface area contributed by atoms with E-state index in [-0.39, 0.29) is 5.91 Å². The molecule has 4 rings (SSSR count). The van der Waals surface area contributed by atoms with Crippen molar-refractivity contribution in [3.63, 3.8) is 0 Å². The number of nitrogens with one attached hydrogen (secondary N) is 1. The highest BCUT2D eigenvalue weighted by Gasteiger charge is 2.36. The highest BCUT2D eigenvalue weighted by atomic mass is 16.5. The first kappa shape index (κ1) is 20.3. The number of aryl methyl sites for hydroxylation is 2. The second kappa shape index (κ2) is 8.79. The van der Waals surface area contributed by atoms with E-state index in [1.165, 1.54) is 0 Å². The fourth-order valence-corrected chi connectivity index (χ4v) is 4.03. The van der Waals surface area contributed by atoms with Gasteiger partial charge in [0.15, 0.2) is 5.82 Å². The molecule has 1 atom stereocenters. The van der Waals surface area contributed by atoms with Crippen LogP contribution in [0.1, 0.15) is 54.5 Å². The molecule has 1 fully saturated rings. The van der Waals surface area contributed by atoms with Gasteiger partial charge in [-0.25, -0.2) is 4.68 Å². The molecular formula is C22H28N6O2. The molecule has 1 aliphatic heterocycles. The third-order valence-electron chi connectivity index (χ3n) is 5.54. The maximum Gasteiger partial charge on any atom is 0.242 e. The SMILES string of the molecule is CCCCc1noc(CN2CCNC(=O)[C@@H]2c2c(C)nn(-c3ccccc3)c2C)n1. The maximum atomic E-state index is 12.9. The molecule has 0 radical (unpaired) electrons. The van der Waals surface area contributed by atoms with Gasteiger partial charge >= 0.3 is 0 Å². The summed E-state index contributed by atoms with van der Waals surface area (Å²) in [6.07, 6.45) is 2.93. The number of benzene rings is 1. The summed E-state index contributed by atoms with van der Waals surface area (Å²) in [5, 5.41) is 11.8. The molecule has 1 N–H and O–H groups in total. The average molecular weight is 409 g/mol. The minimum absolute atomic E-state index is 0.0224. The highest BCUT2D eigenvalue weighted by molar-refractivity contribution is 5.84. The normalized spacial score (nSPS) is 17.3. The zero-order chi connectivity index (χ0) is 21.1. The first-order valence-electron chi connectivity index (χ1n) is 10.5. The Balaban J connectivity index is 1.63. The van der Waals surface area contributed by atoms with Gasteiger partial charge in [-0.2, -0.15) is 10.1 Å². The van der Waals surface area contributed by atoms with Crippen molar-refractivity contribution in [2.45, 2.75) is 52.6 Å². The lowest BCUT2D eigenvalue weighted by molar-refractivity contribution is -0.129.